The van der Waals surface area contributed by atoms with E-state index in [1.807, 2.05) is 31.2 Å². The maximum absolute atomic E-state index is 12.4. The highest BCUT2D eigenvalue weighted by Crippen LogP contribution is 2.37. The van der Waals surface area contributed by atoms with E-state index in [1.54, 1.807) is 29.2 Å². The zero-order chi connectivity index (χ0) is 21.7. The van der Waals surface area contributed by atoms with Crippen LogP contribution in [0.4, 0.5) is 5.69 Å². The SMILES string of the molecule is CCN1C(=O)/C(=C/c2cc(I)c(OCC(=O)Nc3ccccc3)c(OC)c2)SC1=S. The van der Waals surface area contributed by atoms with Crippen molar-refractivity contribution in [3.63, 3.8) is 0 Å². The van der Waals surface area contributed by atoms with Crippen molar-refractivity contribution in [2.75, 3.05) is 25.6 Å². The summed E-state index contributed by atoms with van der Waals surface area (Å²) in [4.78, 5) is 26.7. The van der Waals surface area contributed by atoms with Gasteiger partial charge in [0.25, 0.3) is 11.8 Å². The minimum Gasteiger partial charge on any atom is -0.493 e. The fourth-order valence-electron chi connectivity index (χ4n) is 2.74. The average Bonchev–Trinajstić information content (AvgIpc) is 2.99. The summed E-state index contributed by atoms with van der Waals surface area (Å²) >= 11 is 8.65. The molecule has 0 aliphatic carbocycles. The summed E-state index contributed by atoms with van der Waals surface area (Å²) in [7, 11) is 1.53. The van der Waals surface area contributed by atoms with Crippen LogP contribution in [0.2, 0.25) is 0 Å². The van der Waals surface area contributed by atoms with Crippen molar-refractivity contribution < 1.29 is 19.1 Å². The maximum Gasteiger partial charge on any atom is 0.266 e. The Morgan fingerprint density at radius 3 is 2.67 bits per heavy atom. The highest BCUT2D eigenvalue weighted by Gasteiger charge is 2.30. The molecule has 0 unspecified atom stereocenters. The number of thiocarbonyl (C=S) groups is 1. The molecule has 1 aliphatic rings. The van der Waals surface area contributed by atoms with E-state index >= 15 is 0 Å². The number of carbonyl (C=O) groups excluding carboxylic acids is 2. The van der Waals surface area contributed by atoms with Gasteiger partial charge in [-0.1, -0.05) is 42.2 Å². The number of thioether (sulfide) groups is 1. The molecule has 9 heteroatoms. The van der Waals surface area contributed by atoms with Crippen LogP contribution in [0.1, 0.15) is 12.5 Å². The molecule has 0 aromatic heterocycles. The predicted molar refractivity (Wildman–Crippen MR) is 132 cm³/mol. The molecule has 1 heterocycles. The molecule has 3 rings (SSSR count). The number of hydrogen-bond donors (Lipinski definition) is 1. The van der Waals surface area contributed by atoms with E-state index in [-0.39, 0.29) is 18.4 Å². The Kier molecular flexibility index (Phi) is 7.73. The molecule has 6 nitrogen and oxygen atoms in total. The summed E-state index contributed by atoms with van der Waals surface area (Å²) in [5.74, 6) is 0.581. The van der Waals surface area contributed by atoms with Gasteiger partial charge >= 0.3 is 0 Å². The van der Waals surface area contributed by atoms with E-state index in [9.17, 15) is 9.59 Å². The van der Waals surface area contributed by atoms with Crippen molar-refractivity contribution in [2.45, 2.75) is 6.92 Å². The minimum absolute atomic E-state index is 0.0978. The molecule has 0 bridgehead atoms. The van der Waals surface area contributed by atoms with Gasteiger partial charge < -0.3 is 14.8 Å². The van der Waals surface area contributed by atoms with E-state index in [0.29, 0.717) is 33.0 Å². The summed E-state index contributed by atoms with van der Waals surface area (Å²) in [5.41, 5.74) is 1.49. The number of likely N-dealkylation sites (N-methyl/N-ethyl adjacent to an activating group) is 1. The number of anilines is 1. The Hall–Kier alpha value is -2.11. The lowest BCUT2D eigenvalue weighted by molar-refractivity contribution is -0.122. The number of para-hydroxylation sites is 1. The molecule has 2 aromatic carbocycles. The molecular weight excluding hydrogens is 535 g/mol. The first-order valence-corrected chi connectivity index (χ1v) is 11.3. The highest BCUT2D eigenvalue weighted by molar-refractivity contribution is 14.1. The number of amides is 2. The molecule has 1 aliphatic heterocycles. The molecule has 0 spiro atoms. The fraction of sp³-hybridized carbons (Fsp3) is 0.190. The van der Waals surface area contributed by atoms with Gasteiger partial charge in [0.15, 0.2) is 18.1 Å². The van der Waals surface area contributed by atoms with Crippen molar-refractivity contribution >= 4 is 74.5 Å². The van der Waals surface area contributed by atoms with Gasteiger partial charge in [0.05, 0.1) is 15.6 Å². The van der Waals surface area contributed by atoms with E-state index in [4.69, 9.17) is 21.7 Å². The van der Waals surface area contributed by atoms with Crippen molar-refractivity contribution in [3.05, 3.63) is 56.5 Å². The van der Waals surface area contributed by atoms with Gasteiger partial charge in [0.1, 0.15) is 4.32 Å². The quantitative estimate of drug-likeness (QED) is 0.308. The number of nitrogens with one attached hydrogen (secondary N) is 1. The van der Waals surface area contributed by atoms with Crippen molar-refractivity contribution in [1.29, 1.82) is 0 Å². The molecule has 0 saturated carbocycles. The summed E-state index contributed by atoms with van der Waals surface area (Å²) in [6, 6.07) is 12.8. The summed E-state index contributed by atoms with van der Waals surface area (Å²) < 4.78 is 12.5. The van der Waals surface area contributed by atoms with Crippen LogP contribution in [-0.4, -0.2) is 41.3 Å². The molecular formula is C21H19IN2O4S2. The lowest BCUT2D eigenvalue weighted by Gasteiger charge is -2.14. The summed E-state index contributed by atoms with van der Waals surface area (Å²) in [6.07, 6.45) is 1.78. The van der Waals surface area contributed by atoms with Crippen LogP contribution in [0.25, 0.3) is 6.08 Å². The van der Waals surface area contributed by atoms with Crippen molar-refractivity contribution in [3.8, 4) is 11.5 Å². The normalized spacial score (nSPS) is 14.9. The van der Waals surface area contributed by atoms with Crippen molar-refractivity contribution in [2.24, 2.45) is 0 Å². The fourth-order valence-corrected chi connectivity index (χ4v) is 4.91. The minimum atomic E-state index is -0.272. The van der Waals surface area contributed by atoms with Crippen LogP contribution < -0.4 is 14.8 Å². The molecule has 0 atom stereocenters. The number of hydrogen-bond acceptors (Lipinski definition) is 6. The molecule has 2 amide bonds. The van der Waals surface area contributed by atoms with Crippen LogP contribution in [0.15, 0.2) is 47.4 Å². The zero-order valence-electron chi connectivity index (χ0n) is 16.3. The van der Waals surface area contributed by atoms with E-state index in [0.717, 1.165) is 9.13 Å². The third-order valence-electron chi connectivity index (χ3n) is 4.14. The van der Waals surface area contributed by atoms with Gasteiger partial charge in [0, 0.05) is 12.2 Å². The van der Waals surface area contributed by atoms with E-state index in [1.165, 1.54) is 18.9 Å². The van der Waals surface area contributed by atoms with Gasteiger partial charge in [-0.05, 0) is 65.4 Å². The summed E-state index contributed by atoms with van der Waals surface area (Å²) in [5, 5.41) is 2.77. The smallest absolute Gasteiger partial charge is 0.266 e. The largest absolute Gasteiger partial charge is 0.493 e. The molecule has 1 N–H and O–H groups in total. The Labute approximate surface area is 198 Å². The first-order valence-electron chi connectivity index (χ1n) is 9.03. The monoisotopic (exact) mass is 554 g/mol. The molecule has 156 valence electrons. The van der Waals surface area contributed by atoms with Crippen LogP contribution in [0.3, 0.4) is 0 Å². The van der Waals surface area contributed by atoms with Crippen LogP contribution in [0.5, 0.6) is 11.5 Å². The van der Waals surface area contributed by atoms with Gasteiger partial charge in [-0.3, -0.25) is 14.5 Å². The first kappa shape index (κ1) is 22.6. The first-order chi connectivity index (χ1) is 14.4. The van der Waals surface area contributed by atoms with Crippen LogP contribution in [0, 0.1) is 3.57 Å². The van der Waals surface area contributed by atoms with Gasteiger partial charge in [0.2, 0.25) is 0 Å². The Bertz CT molecular complexity index is 1010. The third-order valence-corrected chi connectivity index (χ3v) is 6.32. The Morgan fingerprint density at radius 2 is 2.03 bits per heavy atom. The molecule has 1 saturated heterocycles. The number of benzene rings is 2. The second kappa shape index (κ2) is 10.3. The predicted octanol–water partition coefficient (Wildman–Crippen LogP) is 4.54. The zero-order valence-corrected chi connectivity index (χ0v) is 20.1. The number of rotatable bonds is 7. The standard InChI is InChI=1S/C21H19IN2O4S2/c1-3-24-20(26)17(30-21(24)29)11-13-9-15(22)19(16(10-13)27-2)28-12-18(25)23-14-7-5-4-6-8-14/h4-11H,3,12H2,1-2H3,(H,23,25)/b17-11-. The number of nitrogens with zero attached hydrogens (tertiary/aromatic N) is 1. The maximum atomic E-state index is 12.4. The number of ether oxygens (including phenoxy) is 2. The Balaban J connectivity index is 1.74. The molecule has 1 fully saturated rings. The highest BCUT2D eigenvalue weighted by atomic mass is 127. The second-order valence-electron chi connectivity index (χ2n) is 6.16. The topological polar surface area (TPSA) is 67.9 Å². The summed E-state index contributed by atoms with van der Waals surface area (Å²) in [6.45, 7) is 2.27. The molecule has 30 heavy (non-hydrogen) atoms. The van der Waals surface area contributed by atoms with Gasteiger partial charge in [-0.2, -0.15) is 0 Å². The van der Waals surface area contributed by atoms with Crippen molar-refractivity contribution in [1.82, 2.24) is 4.90 Å². The lowest BCUT2D eigenvalue weighted by Crippen LogP contribution is -2.27. The van der Waals surface area contributed by atoms with Gasteiger partial charge in [-0.25, -0.2) is 0 Å². The van der Waals surface area contributed by atoms with Crippen LogP contribution in [-0.2, 0) is 9.59 Å². The number of halogens is 1. The Morgan fingerprint density at radius 1 is 1.30 bits per heavy atom. The average molecular weight is 554 g/mol. The third kappa shape index (κ3) is 5.32. The van der Waals surface area contributed by atoms with E-state index in [2.05, 4.69) is 27.9 Å². The van der Waals surface area contributed by atoms with Gasteiger partial charge in [-0.15, -0.1) is 0 Å². The number of carbonyl (C=O) groups is 2. The van der Waals surface area contributed by atoms with E-state index < -0.39 is 0 Å². The molecule has 2 aromatic rings. The lowest BCUT2D eigenvalue weighted by atomic mass is 10.2. The number of methoxy groups -OCH3 is 1. The van der Waals surface area contributed by atoms with Crippen LogP contribution >= 0.6 is 46.6 Å². The second-order valence-corrected chi connectivity index (χ2v) is 9.00. The molecule has 0 radical (unpaired) electrons.